The second-order valence-electron chi connectivity index (χ2n) is 6.73. The van der Waals surface area contributed by atoms with Crippen LogP contribution in [0.15, 0.2) is 24.3 Å². The minimum Gasteiger partial charge on any atom is -0.329 e. The average molecular weight is 273 g/mol. The van der Waals surface area contributed by atoms with Crippen LogP contribution in [0.5, 0.6) is 0 Å². The molecule has 110 valence electrons. The normalized spacial score (nSPS) is 27.4. The second-order valence-corrected chi connectivity index (χ2v) is 6.73. The lowest BCUT2D eigenvalue weighted by Crippen LogP contribution is -2.53. The van der Waals surface area contributed by atoms with Gasteiger partial charge in [-0.05, 0) is 38.8 Å². The van der Waals surface area contributed by atoms with Crippen molar-refractivity contribution in [1.29, 1.82) is 0 Å². The van der Waals surface area contributed by atoms with Gasteiger partial charge in [-0.15, -0.1) is 0 Å². The van der Waals surface area contributed by atoms with Gasteiger partial charge in [0.05, 0.1) is 0 Å². The summed E-state index contributed by atoms with van der Waals surface area (Å²) in [5.74, 6) is 0. The van der Waals surface area contributed by atoms with Gasteiger partial charge in [-0.3, -0.25) is 9.80 Å². The number of hydrogen-bond donors (Lipinski definition) is 1. The maximum Gasteiger partial charge on any atom is 0.0471 e. The van der Waals surface area contributed by atoms with Gasteiger partial charge >= 0.3 is 0 Å². The summed E-state index contributed by atoms with van der Waals surface area (Å²) in [6.07, 6.45) is 3.99. The first kappa shape index (κ1) is 14.1. The molecule has 0 bridgehead atoms. The van der Waals surface area contributed by atoms with E-state index in [2.05, 4.69) is 48.0 Å². The lowest BCUT2D eigenvalue weighted by atomic mass is 9.96. The van der Waals surface area contributed by atoms with E-state index in [1.807, 2.05) is 0 Å². The summed E-state index contributed by atoms with van der Waals surface area (Å²) in [4.78, 5) is 5.14. The highest BCUT2D eigenvalue weighted by molar-refractivity contribution is 5.22. The van der Waals surface area contributed by atoms with E-state index in [1.54, 1.807) is 0 Å². The van der Waals surface area contributed by atoms with E-state index in [9.17, 15) is 0 Å². The molecular formula is C17H27N3. The maximum absolute atomic E-state index is 6.17. The highest BCUT2D eigenvalue weighted by Crippen LogP contribution is 2.35. The van der Waals surface area contributed by atoms with Crippen LogP contribution in [0, 0.1) is 6.92 Å². The van der Waals surface area contributed by atoms with E-state index < -0.39 is 0 Å². The molecule has 1 saturated carbocycles. The predicted octanol–water partition coefficient (Wildman–Crippen LogP) is 1.99. The summed E-state index contributed by atoms with van der Waals surface area (Å²) in [6.45, 7) is 6.29. The third kappa shape index (κ3) is 2.76. The zero-order chi connectivity index (χ0) is 14.2. The van der Waals surface area contributed by atoms with Gasteiger partial charge < -0.3 is 5.73 Å². The van der Waals surface area contributed by atoms with E-state index in [1.165, 1.54) is 36.9 Å². The molecule has 3 nitrogen and oxygen atoms in total. The highest BCUT2D eigenvalue weighted by Gasteiger charge is 2.44. The molecule has 2 fully saturated rings. The van der Waals surface area contributed by atoms with Crippen molar-refractivity contribution in [3.8, 4) is 0 Å². The van der Waals surface area contributed by atoms with Gasteiger partial charge in [-0.1, -0.05) is 29.8 Å². The zero-order valence-corrected chi connectivity index (χ0v) is 12.8. The molecule has 1 heterocycles. The number of nitrogens with two attached hydrogens (primary N) is 1. The van der Waals surface area contributed by atoms with Gasteiger partial charge in [-0.25, -0.2) is 0 Å². The van der Waals surface area contributed by atoms with Gasteiger partial charge in [0, 0.05) is 37.8 Å². The van der Waals surface area contributed by atoms with Crippen LogP contribution in [0.1, 0.15) is 30.4 Å². The molecule has 1 aliphatic heterocycles. The Labute approximate surface area is 122 Å². The third-order valence-corrected chi connectivity index (χ3v) is 5.12. The lowest BCUT2D eigenvalue weighted by Gasteiger charge is -2.38. The van der Waals surface area contributed by atoms with Crippen molar-refractivity contribution in [3.63, 3.8) is 0 Å². The molecule has 3 heteroatoms. The standard InChI is InChI=1S/C17H27N3/c1-14-4-3-5-15(10-14)11-19(2)17(12-18)8-9-20(13-17)16-6-7-16/h3-5,10,16H,6-9,11-13,18H2,1-2H3. The molecule has 1 unspecified atom stereocenters. The molecule has 1 aromatic carbocycles. The van der Waals surface area contributed by atoms with E-state index >= 15 is 0 Å². The maximum atomic E-state index is 6.17. The molecule has 1 saturated heterocycles. The summed E-state index contributed by atoms with van der Waals surface area (Å²) in [5, 5.41) is 0. The number of rotatable bonds is 5. The molecule has 0 radical (unpaired) electrons. The number of likely N-dealkylation sites (tertiary alicyclic amines) is 1. The third-order valence-electron chi connectivity index (χ3n) is 5.12. The molecule has 1 aromatic rings. The minimum atomic E-state index is 0.173. The highest BCUT2D eigenvalue weighted by atomic mass is 15.3. The lowest BCUT2D eigenvalue weighted by molar-refractivity contribution is 0.120. The Bertz CT molecular complexity index is 469. The first-order valence-electron chi connectivity index (χ1n) is 7.84. The number of likely N-dealkylation sites (N-methyl/N-ethyl adjacent to an activating group) is 1. The molecule has 3 rings (SSSR count). The van der Waals surface area contributed by atoms with Crippen LogP contribution in [0.3, 0.4) is 0 Å². The van der Waals surface area contributed by atoms with Gasteiger partial charge in [0.1, 0.15) is 0 Å². The average Bonchev–Trinajstić information content (AvgIpc) is 3.18. The molecule has 2 aliphatic rings. The molecule has 20 heavy (non-hydrogen) atoms. The van der Waals surface area contributed by atoms with Gasteiger partial charge in [0.2, 0.25) is 0 Å². The number of aryl methyl sites for hydroxylation is 1. The van der Waals surface area contributed by atoms with Crippen LogP contribution in [0.2, 0.25) is 0 Å². The number of hydrogen-bond acceptors (Lipinski definition) is 3. The second kappa shape index (κ2) is 5.47. The molecular weight excluding hydrogens is 246 g/mol. The first-order valence-corrected chi connectivity index (χ1v) is 7.84. The van der Waals surface area contributed by atoms with Gasteiger partial charge in [-0.2, -0.15) is 0 Å². The fraction of sp³-hybridized carbons (Fsp3) is 0.647. The van der Waals surface area contributed by atoms with Crippen molar-refractivity contribution in [2.45, 2.75) is 44.3 Å². The summed E-state index contributed by atoms with van der Waals surface area (Å²) in [5.41, 5.74) is 9.07. The largest absolute Gasteiger partial charge is 0.329 e. The molecule has 1 atom stereocenters. The Balaban J connectivity index is 1.69. The van der Waals surface area contributed by atoms with Gasteiger partial charge in [0.25, 0.3) is 0 Å². The molecule has 0 aromatic heterocycles. The number of benzene rings is 1. The Morgan fingerprint density at radius 2 is 2.20 bits per heavy atom. The van der Waals surface area contributed by atoms with Crippen LogP contribution in [-0.2, 0) is 6.54 Å². The Kier molecular flexibility index (Phi) is 3.85. The Morgan fingerprint density at radius 3 is 2.85 bits per heavy atom. The summed E-state index contributed by atoms with van der Waals surface area (Å²) < 4.78 is 0. The van der Waals surface area contributed by atoms with Gasteiger partial charge in [0.15, 0.2) is 0 Å². The van der Waals surface area contributed by atoms with Crippen LogP contribution < -0.4 is 5.73 Å². The van der Waals surface area contributed by atoms with E-state index in [-0.39, 0.29) is 5.54 Å². The van der Waals surface area contributed by atoms with Crippen molar-refractivity contribution in [2.75, 3.05) is 26.7 Å². The van der Waals surface area contributed by atoms with Crippen molar-refractivity contribution in [1.82, 2.24) is 9.80 Å². The van der Waals surface area contributed by atoms with E-state index in [0.717, 1.165) is 25.7 Å². The summed E-state index contributed by atoms with van der Waals surface area (Å²) in [6, 6.07) is 9.68. The molecule has 0 spiro atoms. The zero-order valence-electron chi connectivity index (χ0n) is 12.8. The monoisotopic (exact) mass is 273 g/mol. The van der Waals surface area contributed by atoms with Crippen molar-refractivity contribution < 1.29 is 0 Å². The van der Waals surface area contributed by atoms with Crippen LogP contribution in [-0.4, -0.2) is 48.1 Å². The molecule has 2 N–H and O–H groups in total. The fourth-order valence-electron chi connectivity index (χ4n) is 3.53. The molecule has 0 amide bonds. The first-order chi connectivity index (χ1) is 9.63. The van der Waals surface area contributed by atoms with E-state index in [4.69, 9.17) is 5.73 Å². The summed E-state index contributed by atoms with van der Waals surface area (Å²) in [7, 11) is 2.24. The van der Waals surface area contributed by atoms with Crippen LogP contribution >= 0.6 is 0 Å². The van der Waals surface area contributed by atoms with E-state index in [0.29, 0.717) is 0 Å². The SMILES string of the molecule is Cc1cccc(CN(C)C2(CN)CCN(C3CC3)C2)c1. The minimum absolute atomic E-state index is 0.173. The van der Waals surface area contributed by atoms with Crippen molar-refractivity contribution in [3.05, 3.63) is 35.4 Å². The quantitative estimate of drug-likeness (QED) is 0.890. The topological polar surface area (TPSA) is 32.5 Å². The smallest absolute Gasteiger partial charge is 0.0471 e. The van der Waals surface area contributed by atoms with Crippen LogP contribution in [0.25, 0.3) is 0 Å². The molecule has 1 aliphatic carbocycles. The summed E-state index contributed by atoms with van der Waals surface area (Å²) >= 11 is 0. The Hall–Kier alpha value is -0.900. The van der Waals surface area contributed by atoms with Crippen molar-refractivity contribution in [2.24, 2.45) is 5.73 Å². The van der Waals surface area contributed by atoms with Crippen LogP contribution in [0.4, 0.5) is 0 Å². The van der Waals surface area contributed by atoms with Crippen molar-refractivity contribution >= 4 is 0 Å². The Morgan fingerprint density at radius 1 is 1.40 bits per heavy atom. The predicted molar refractivity (Wildman–Crippen MR) is 83.6 cm³/mol. The number of nitrogens with zero attached hydrogens (tertiary/aromatic N) is 2. The fourth-order valence-corrected chi connectivity index (χ4v) is 3.53.